The summed E-state index contributed by atoms with van der Waals surface area (Å²) in [4.78, 5) is 2.47. The topological polar surface area (TPSA) is 38.5 Å². The lowest BCUT2D eigenvalue weighted by atomic mass is 10.0. The van der Waals surface area contributed by atoms with Gasteiger partial charge in [-0.3, -0.25) is 4.90 Å². The molecule has 2 aromatic carbocycles. The molecule has 0 fully saturated rings. The van der Waals surface area contributed by atoms with Crippen molar-refractivity contribution in [2.75, 3.05) is 13.1 Å². The Morgan fingerprint density at radius 1 is 1.00 bits per heavy atom. The molecule has 0 amide bonds. The van der Waals surface area contributed by atoms with Gasteiger partial charge in [0.15, 0.2) is 0 Å². The van der Waals surface area contributed by atoms with Crippen LogP contribution >= 0.6 is 0 Å². The minimum atomic E-state index is 0.258. The zero-order valence-electron chi connectivity index (χ0n) is 15.1. The Kier molecular flexibility index (Phi) is 7.29. The molecule has 0 saturated heterocycles. The number of ether oxygens (including phenoxy) is 1. The summed E-state index contributed by atoms with van der Waals surface area (Å²) in [6, 6.07) is 19.4. The molecule has 0 spiro atoms. The van der Waals surface area contributed by atoms with E-state index in [0.717, 1.165) is 18.7 Å². The van der Waals surface area contributed by atoms with E-state index in [0.29, 0.717) is 19.2 Å². The van der Waals surface area contributed by atoms with Crippen molar-refractivity contribution in [3.63, 3.8) is 0 Å². The van der Waals surface area contributed by atoms with Gasteiger partial charge in [0.05, 0.1) is 0 Å². The maximum atomic E-state index is 6.07. The van der Waals surface area contributed by atoms with Crippen molar-refractivity contribution in [1.82, 2.24) is 4.90 Å². The first-order valence-corrected chi connectivity index (χ1v) is 8.92. The summed E-state index contributed by atoms with van der Waals surface area (Å²) < 4.78 is 5.87. The standard InChI is InChI=1S/C21H30N2O/c1-4-17(3)23(5-2)21(15-22)19-11-13-20(14-12-19)24-16-18-9-7-6-8-10-18/h6-14,17,21H,4-5,15-16,22H2,1-3H3. The quantitative estimate of drug-likeness (QED) is 0.743. The van der Waals surface area contributed by atoms with E-state index in [-0.39, 0.29) is 6.04 Å². The summed E-state index contributed by atoms with van der Waals surface area (Å²) in [5.41, 5.74) is 8.51. The van der Waals surface area contributed by atoms with Gasteiger partial charge in [0.1, 0.15) is 12.4 Å². The predicted octanol–water partition coefficient (Wildman–Crippen LogP) is 4.39. The van der Waals surface area contributed by atoms with Crippen LogP contribution in [-0.4, -0.2) is 24.0 Å². The third kappa shape index (κ3) is 4.83. The minimum absolute atomic E-state index is 0.258. The number of rotatable bonds is 9. The van der Waals surface area contributed by atoms with E-state index in [4.69, 9.17) is 10.5 Å². The van der Waals surface area contributed by atoms with Crippen LogP contribution in [0.3, 0.4) is 0 Å². The van der Waals surface area contributed by atoms with Crippen LogP contribution in [0.15, 0.2) is 54.6 Å². The SMILES string of the molecule is CCC(C)N(CC)C(CN)c1ccc(OCc2ccccc2)cc1. The monoisotopic (exact) mass is 326 g/mol. The van der Waals surface area contributed by atoms with E-state index in [9.17, 15) is 0 Å². The Morgan fingerprint density at radius 2 is 1.67 bits per heavy atom. The summed E-state index contributed by atoms with van der Waals surface area (Å²) in [5.74, 6) is 0.893. The number of hydrogen-bond acceptors (Lipinski definition) is 3. The molecule has 2 N–H and O–H groups in total. The zero-order chi connectivity index (χ0) is 17.4. The highest BCUT2D eigenvalue weighted by atomic mass is 16.5. The van der Waals surface area contributed by atoms with Gasteiger partial charge in [0, 0.05) is 18.6 Å². The molecule has 0 saturated carbocycles. The van der Waals surface area contributed by atoms with Gasteiger partial charge in [0.2, 0.25) is 0 Å². The Balaban J connectivity index is 2.03. The maximum Gasteiger partial charge on any atom is 0.119 e. The van der Waals surface area contributed by atoms with Crippen molar-refractivity contribution in [3.05, 3.63) is 65.7 Å². The fraction of sp³-hybridized carbons (Fsp3) is 0.429. The third-order valence-corrected chi connectivity index (χ3v) is 4.66. The first-order chi connectivity index (χ1) is 11.7. The van der Waals surface area contributed by atoms with Gasteiger partial charge >= 0.3 is 0 Å². The van der Waals surface area contributed by atoms with Crippen LogP contribution in [0.25, 0.3) is 0 Å². The van der Waals surface area contributed by atoms with Crippen molar-refractivity contribution < 1.29 is 4.74 Å². The molecule has 0 radical (unpaired) electrons. The highest BCUT2D eigenvalue weighted by Gasteiger charge is 2.21. The molecule has 2 atom stereocenters. The zero-order valence-corrected chi connectivity index (χ0v) is 15.1. The average Bonchev–Trinajstić information content (AvgIpc) is 2.65. The van der Waals surface area contributed by atoms with Crippen LogP contribution in [0.2, 0.25) is 0 Å². The summed E-state index contributed by atoms with van der Waals surface area (Å²) in [6.07, 6.45) is 1.13. The third-order valence-electron chi connectivity index (χ3n) is 4.66. The highest BCUT2D eigenvalue weighted by molar-refractivity contribution is 5.30. The van der Waals surface area contributed by atoms with Crippen LogP contribution < -0.4 is 10.5 Å². The van der Waals surface area contributed by atoms with Gasteiger partial charge in [-0.15, -0.1) is 0 Å². The van der Waals surface area contributed by atoms with Crippen LogP contribution in [0.5, 0.6) is 5.75 Å². The molecule has 0 aromatic heterocycles. The first-order valence-electron chi connectivity index (χ1n) is 8.92. The van der Waals surface area contributed by atoms with Crippen molar-refractivity contribution in [2.45, 2.75) is 45.9 Å². The fourth-order valence-electron chi connectivity index (χ4n) is 3.06. The second kappa shape index (κ2) is 9.45. The Bertz CT molecular complexity index is 583. The molecule has 0 heterocycles. The maximum absolute atomic E-state index is 6.07. The molecule has 3 nitrogen and oxygen atoms in total. The molecule has 24 heavy (non-hydrogen) atoms. The van der Waals surface area contributed by atoms with Crippen LogP contribution in [0.1, 0.15) is 44.4 Å². The van der Waals surface area contributed by atoms with Crippen LogP contribution in [-0.2, 0) is 6.61 Å². The molecule has 0 aliphatic carbocycles. The largest absolute Gasteiger partial charge is 0.489 e. The van der Waals surface area contributed by atoms with Gasteiger partial charge in [0.25, 0.3) is 0 Å². The van der Waals surface area contributed by atoms with E-state index in [2.05, 4.69) is 49.9 Å². The molecular formula is C21H30N2O. The molecule has 0 aliphatic rings. The second-order valence-electron chi connectivity index (χ2n) is 6.18. The molecule has 0 aliphatic heterocycles. The summed E-state index contributed by atoms with van der Waals surface area (Å²) >= 11 is 0. The second-order valence-corrected chi connectivity index (χ2v) is 6.18. The van der Waals surface area contributed by atoms with Gasteiger partial charge in [-0.05, 0) is 43.1 Å². The minimum Gasteiger partial charge on any atom is -0.489 e. The lowest BCUT2D eigenvalue weighted by molar-refractivity contribution is 0.152. The van der Waals surface area contributed by atoms with E-state index in [1.807, 2.05) is 30.3 Å². The predicted molar refractivity (Wildman–Crippen MR) is 101 cm³/mol. The Labute approximate surface area is 146 Å². The smallest absolute Gasteiger partial charge is 0.119 e. The molecule has 2 rings (SSSR count). The lowest BCUT2D eigenvalue weighted by Crippen LogP contribution is -2.39. The fourth-order valence-corrected chi connectivity index (χ4v) is 3.06. The van der Waals surface area contributed by atoms with E-state index in [1.54, 1.807) is 0 Å². The van der Waals surface area contributed by atoms with E-state index >= 15 is 0 Å². The van der Waals surface area contributed by atoms with Crippen molar-refractivity contribution in [3.8, 4) is 5.75 Å². The van der Waals surface area contributed by atoms with Crippen LogP contribution in [0, 0.1) is 0 Å². The molecule has 3 heteroatoms. The molecule has 0 bridgehead atoms. The number of likely N-dealkylation sites (N-methyl/N-ethyl adjacent to an activating group) is 1. The average molecular weight is 326 g/mol. The summed E-state index contributed by atoms with van der Waals surface area (Å²) in [5, 5.41) is 0. The molecular weight excluding hydrogens is 296 g/mol. The molecule has 2 aromatic rings. The lowest BCUT2D eigenvalue weighted by Gasteiger charge is -2.35. The molecule has 130 valence electrons. The number of benzene rings is 2. The van der Waals surface area contributed by atoms with Crippen LogP contribution in [0.4, 0.5) is 0 Å². The van der Waals surface area contributed by atoms with Gasteiger partial charge in [-0.25, -0.2) is 0 Å². The summed E-state index contributed by atoms with van der Waals surface area (Å²) in [7, 11) is 0. The van der Waals surface area contributed by atoms with Crippen molar-refractivity contribution >= 4 is 0 Å². The Morgan fingerprint density at radius 3 is 2.21 bits per heavy atom. The number of nitrogens with zero attached hydrogens (tertiary/aromatic N) is 1. The molecule has 2 unspecified atom stereocenters. The number of hydrogen-bond donors (Lipinski definition) is 1. The normalized spacial score (nSPS) is 13.7. The first kappa shape index (κ1) is 18.5. The number of nitrogens with two attached hydrogens (primary N) is 1. The van der Waals surface area contributed by atoms with Crippen molar-refractivity contribution in [1.29, 1.82) is 0 Å². The van der Waals surface area contributed by atoms with E-state index < -0.39 is 0 Å². The Hall–Kier alpha value is -1.84. The van der Waals surface area contributed by atoms with Crippen molar-refractivity contribution in [2.24, 2.45) is 5.73 Å². The van der Waals surface area contributed by atoms with Gasteiger partial charge in [-0.2, -0.15) is 0 Å². The summed E-state index contributed by atoms with van der Waals surface area (Å²) in [6.45, 7) is 8.91. The van der Waals surface area contributed by atoms with Gasteiger partial charge in [-0.1, -0.05) is 56.3 Å². The highest BCUT2D eigenvalue weighted by Crippen LogP contribution is 2.25. The van der Waals surface area contributed by atoms with E-state index in [1.165, 1.54) is 11.1 Å². The van der Waals surface area contributed by atoms with Gasteiger partial charge < -0.3 is 10.5 Å².